The Labute approximate surface area is 109 Å². The second-order valence-corrected chi connectivity index (χ2v) is 5.15. The Kier molecular flexibility index (Phi) is 3.14. The number of nitrogens with two attached hydrogens (primary N) is 1. The van der Waals surface area contributed by atoms with Gasteiger partial charge >= 0.3 is 5.76 Å². The number of benzene rings is 1. The number of aromatic amines is 1. The molecule has 1 aromatic carbocycles. The van der Waals surface area contributed by atoms with Crippen molar-refractivity contribution in [2.75, 3.05) is 26.3 Å². The number of hydrogen-bond acceptors (Lipinski definition) is 5. The fourth-order valence-electron chi connectivity index (χ4n) is 2.26. The predicted molar refractivity (Wildman–Crippen MR) is 70.8 cm³/mol. The van der Waals surface area contributed by atoms with Gasteiger partial charge < -0.3 is 20.2 Å². The molecule has 1 aliphatic rings. The first-order valence-electron chi connectivity index (χ1n) is 6.31. The first kappa shape index (κ1) is 12.4. The molecule has 6 nitrogen and oxygen atoms in total. The minimum Gasteiger partial charge on any atom is -0.408 e. The van der Waals surface area contributed by atoms with Crippen molar-refractivity contribution >= 4 is 11.1 Å². The van der Waals surface area contributed by atoms with Crippen LogP contribution in [0.2, 0.25) is 0 Å². The molecule has 19 heavy (non-hydrogen) atoms. The molecule has 0 amide bonds. The molecule has 2 aromatic rings. The number of fused-ring (bicyclic) bond motifs is 1. The molecule has 1 aliphatic heterocycles. The largest absolute Gasteiger partial charge is 0.417 e. The van der Waals surface area contributed by atoms with Gasteiger partial charge in [0.05, 0.1) is 18.7 Å². The lowest BCUT2D eigenvalue weighted by atomic mass is 9.86. The van der Waals surface area contributed by atoms with Crippen LogP contribution in [-0.4, -0.2) is 31.3 Å². The zero-order valence-corrected chi connectivity index (χ0v) is 10.6. The van der Waals surface area contributed by atoms with Crippen LogP contribution in [-0.2, 0) is 11.3 Å². The van der Waals surface area contributed by atoms with Crippen LogP contribution in [0.4, 0.5) is 0 Å². The van der Waals surface area contributed by atoms with Crippen LogP contribution in [0.15, 0.2) is 27.4 Å². The summed E-state index contributed by atoms with van der Waals surface area (Å²) in [4.78, 5) is 13.7. The Morgan fingerprint density at radius 1 is 1.42 bits per heavy atom. The van der Waals surface area contributed by atoms with Crippen molar-refractivity contribution in [3.05, 3.63) is 34.3 Å². The van der Waals surface area contributed by atoms with Gasteiger partial charge in [-0.25, -0.2) is 4.79 Å². The molecular formula is C13H17N3O3. The summed E-state index contributed by atoms with van der Waals surface area (Å²) in [5.41, 5.74) is 8.25. The van der Waals surface area contributed by atoms with E-state index in [-0.39, 0.29) is 5.41 Å². The standard InChI is InChI=1S/C13H17N3O3/c14-5-13(7-18-8-13)6-15-4-9-1-2-11-10(3-9)16-12(17)19-11/h1-3,15H,4-8,14H2,(H,16,17). The number of nitrogens with one attached hydrogen (secondary N) is 2. The van der Waals surface area contributed by atoms with Gasteiger partial charge in [-0.2, -0.15) is 0 Å². The van der Waals surface area contributed by atoms with Crippen molar-refractivity contribution < 1.29 is 9.15 Å². The molecule has 0 atom stereocenters. The molecule has 6 heteroatoms. The maximum absolute atomic E-state index is 11.1. The number of H-pyrrole nitrogens is 1. The van der Waals surface area contributed by atoms with Crippen LogP contribution in [0.25, 0.3) is 11.1 Å². The molecule has 1 aromatic heterocycles. The fourth-order valence-corrected chi connectivity index (χ4v) is 2.26. The van der Waals surface area contributed by atoms with Crippen molar-refractivity contribution in [2.24, 2.45) is 11.1 Å². The van der Waals surface area contributed by atoms with E-state index in [1.165, 1.54) is 0 Å². The van der Waals surface area contributed by atoms with Gasteiger partial charge in [0.1, 0.15) is 0 Å². The van der Waals surface area contributed by atoms with E-state index in [1.807, 2.05) is 12.1 Å². The van der Waals surface area contributed by atoms with E-state index in [0.29, 0.717) is 12.1 Å². The first-order chi connectivity index (χ1) is 9.21. The van der Waals surface area contributed by atoms with Gasteiger partial charge in [-0.15, -0.1) is 0 Å². The van der Waals surface area contributed by atoms with E-state index < -0.39 is 5.76 Å². The molecule has 1 fully saturated rings. The monoisotopic (exact) mass is 263 g/mol. The molecule has 0 spiro atoms. The number of oxazole rings is 1. The lowest BCUT2D eigenvalue weighted by Gasteiger charge is -2.40. The van der Waals surface area contributed by atoms with Crippen LogP contribution < -0.4 is 16.8 Å². The van der Waals surface area contributed by atoms with E-state index in [1.54, 1.807) is 6.07 Å². The normalized spacial score (nSPS) is 17.5. The number of ether oxygens (including phenoxy) is 1. The average molecular weight is 263 g/mol. The summed E-state index contributed by atoms with van der Waals surface area (Å²) in [6, 6.07) is 5.66. The van der Waals surface area contributed by atoms with Gasteiger partial charge in [0.2, 0.25) is 0 Å². The second kappa shape index (κ2) is 4.80. The summed E-state index contributed by atoms with van der Waals surface area (Å²) in [7, 11) is 0. The number of aromatic nitrogens is 1. The Balaban J connectivity index is 1.63. The molecule has 1 saturated heterocycles. The number of rotatable bonds is 5. The summed E-state index contributed by atoms with van der Waals surface area (Å²) in [6.45, 7) is 3.65. The van der Waals surface area contributed by atoms with E-state index >= 15 is 0 Å². The first-order valence-corrected chi connectivity index (χ1v) is 6.31. The number of hydrogen-bond donors (Lipinski definition) is 3. The van der Waals surface area contributed by atoms with Crippen LogP contribution in [0, 0.1) is 5.41 Å². The van der Waals surface area contributed by atoms with Crippen LogP contribution in [0.5, 0.6) is 0 Å². The quantitative estimate of drug-likeness (QED) is 0.716. The van der Waals surface area contributed by atoms with Gasteiger partial charge in [-0.1, -0.05) is 6.07 Å². The lowest BCUT2D eigenvalue weighted by Crippen LogP contribution is -2.54. The Bertz CT molecular complexity index is 622. The zero-order valence-electron chi connectivity index (χ0n) is 10.6. The Morgan fingerprint density at radius 3 is 2.95 bits per heavy atom. The topological polar surface area (TPSA) is 93.3 Å². The van der Waals surface area contributed by atoms with Gasteiger partial charge in [0, 0.05) is 25.0 Å². The van der Waals surface area contributed by atoms with E-state index in [9.17, 15) is 4.79 Å². The highest BCUT2D eigenvalue weighted by molar-refractivity contribution is 5.72. The lowest BCUT2D eigenvalue weighted by molar-refractivity contribution is -0.105. The SMILES string of the molecule is NCC1(CNCc2ccc3oc(=O)[nH]c3c2)COC1. The van der Waals surface area contributed by atoms with Crippen molar-refractivity contribution in [2.45, 2.75) is 6.54 Å². The smallest absolute Gasteiger partial charge is 0.408 e. The molecule has 0 radical (unpaired) electrons. The third-order valence-corrected chi connectivity index (χ3v) is 3.56. The minimum atomic E-state index is -0.422. The summed E-state index contributed by atoms with van der Waals surface area (Å²) in [5, 5.41) is 3.38. The fraction of sp³-hybridized carbons (Fsp3) is 0.462. The third-order valence-electron chi connectivity index (χ3n) is 3.56. The zero-order chi connectivity index (χ0) is 13.3. The molecule has 0 unspecified atom stereocenters. The molecule has 4 N–H and O–H groups in total. The molecule has 102 valence electrons. The maximum atomic E-state index is 11.1. The molecule has 0 aliphatic carbocycles. The highest BCUT2D eigenvalue weighted by atomic mass is 16.5. The van der Waals surface area contributed by atoms with E-state index in [2.05, 4.69) is 10.3 Å². The van der Waals surface area contributed by atoms with Gasteiger partial charge in [-0.3, -0.25) is 4.98 Å². The maximum Gasteiger partial charge on any atom is 0.417 e. The summed E-state index contributed by atoms with van der Waals surface area (Å²) >= 11 is 0. The molecule has 0 saturated carbocycles. The molecular weight excluding hydrogens is 246 g/mol. The van der Waals surface area contributed by atoms with Crippen molar-refractivity contribution in [1.29, 1.82) is 0 Å². The average Bonchev–Trinajstić information content (AvgIpc) is 2.72. The van der Waals surface area contributed by atoms with E-state index in [4.69, 9.17) is 14.9 Å². The Morgan fingerprint density at radius 2 is 2.26 bits per heavy atom. The molecule has 2 heterocycles. The van der Waals surface area contributed by atoms with Crippen molar-refractivity contribution in [1.82, 2.24) is 10.3 Å². The van der Waals surface area contributed by atoms with Crippen molar-refractivity contribution in [3.63, 3.8) is 0 Å². The third kappa shape index (κ3) is 2.42. The summed E-state index contributed by atoms with van der Waals surface area (Å²) in [6.07, 6.45) is 0. The van der Waals surface area contributed by atoms with Crippen LogP contribution >= 0.6 is 0 Å². The highest BCUT2D eigenvalue weighted by Gasteiger charge is 2.36. The summed E-state index contributed by atoms with van der Waals surface area (Å²) < 4.78 is 10.2. The predicted octanol–water partition coefficient (Wildman–Crippen LogP) is 0.186. The Hall–Kier alpha value is -1.63. The van der Waals surface area contributed by atoms with Crippen LogP contribution in [0.1, 0.15) is 5.56 Å². The van der Waals surface area contributed by atoms with Crippen molar-refractivity contribution in [3.8, 4) is 0 Å². The second-order valence-electron chi connectivity index (χ2n) is 5.15. The van der Waals surface area contributed by atoms with Gasteiger partial charge in [0.25, 0.3) is 0 Å². The van der Waals surface area contributed by atoms with Gasteiger partial charge in [-0.05, 0) is 17.7 Å². The minimum absolute atomic E-state index is 0.0913. The van der Waals surface area contributed by atoms with Crippen LogP contribution in [0.3, 0.4) is 0 Å². The van der Waals surface area contributed by atoms with E-state index in [0.717, 1.165) is 37.4 Å². The van der Waals surface area contributed by atoms with Gasteiger partial charge in [0.15, 0.2) is 5.58 Å². The summed E-state index contributed by atoms with van der Waals surface area (Å²) in [5.74, 6) is -0.422. The molecule has 3 rings (SSSR count). The highest BCUT2D eigenvalue weighted by Crippen LogP contribution is 2.24. The molecule has 0 bridgehead atoms.